The standard InChI is InChI=1S/C25H29N3O4/c1-16-6-8-19(17(2)14-16)22-23(27-12-10-26(3)11-13-27)25(30)28(24(22)29)18-7-9-20(31-4)21(15-18)32-5/h6-9,14-15H,10-13H2,1-5H3. The summed E-state index contributed by atoms with van der Waals surface area (Å²) in [4.78, 5) is 33.0. The Kier molecular flexibility index (Phi) is 5.93. The van der Waals surface area contributed by atoms with Gasteiger partial charge in [-0.3, -0.25) is 9.59 Å². The predicted molar refractivity (Wildman–Crippen MR) is 124 cm³/mol. The van der Waals surface area contributed by atoms with Gasteiger partial charge in [-0.25, -0.2) is 4.90 Å². The molecule has 168 valence electrons. The number of carbonyl (C=O) groups excluding carboxylic acids is 2. The molecule has 0 bridgehead atoms. The monoisotopic (exact) mass is 435 g/mol. The molecule has 0 unspecified atom stereocenters. The van der Waals surface area contributed by atoms with E-state index in [0.29, 0.717) is 41.5 Å². The summed E-state index contributed by atoms with van der Waals surface area (Å²) in [5.41, 5.74) is 4.29. The van der Waals surface area contributed by atoms with E-state index in [1.165, 1.54) is 12.0 Å². The quantitative estimate of drug-likeness (QED) is 0.673. The van der Waals surface area contributed by atoms with Gasteiger partial charge in [0.15, 0.2) is 11.5 Å². The molecule has 0 saturated carbocycles. The molecule has 2 aliphatic heterocycles. The molecule has 4 rings (SSSR count). The van der Waals surface area contributed by atoms with Crippen LogP contribution >= 0.6 is 0 Å². The van der Waals surface area contributed by atoms with Gasteiger partial charge in [-0.05, 0) is 44.2 Å². The number of amides is 2. The highest BCUT2D eigenvalue weighted by Crippen LogP contribution is 2.39. The molecular formula is C25H29N3O4. The maximum absolute atomic E-state index is 13.8. The molecule has 2 aromatic carbocycles. The number of anilines is 1. The summed E-state index contributed by atoms with van der Waals surface area (Å²) >= 11 is 0. The topological polar surface area (TPSA) is 62.3 Å². The fourth-order valence-electron chi connectivity index (χ4n) is 4.38. The van der Waals surface area contributed by atoms with Gasteiger partial charge in [-0.15, -0.1) is 0 Å². The molecule has 0 spiro atoms. The number of methoxy groups -OCH3 is 2. The Morgan fingerprint density at radius 1 is 0.812 bits per heavy atom. The van der Waals surface area contributed by atoms with Crippen LogP contribution in [-0.2, 0) is 9.59 Å². The van der Waals surface area contributed by atoms with Crippen LogP contribution in [0.1, 0.15) is 16.7 Å². The minimum Gasteiger partial charge on any atom is -0.493 e. The van der Waals surface area contributed by atoms with Crippen LogP contribution in [0.3, 0.4) is 0 Å². The highest BCUT2D eigenvalue weighted by atomic mass is 16.5. The fourth-order valence-corrected chi connectivity index (χ4v) is 4.38. The molecular weight excluding hydrogens is 406 g/mol. The van der Waals surface area contributed by atoms with Crippen LogP contribution < -0.4 is 14.4 Å². The van der Waals surface area contributed by atoms with Gasteiger partial charge in [-0.2, -0.15) is 0 Å². The number of carbonyl (C=O) groups is 2. The van der Waals surface area contributed by atoms with Crippen molar-refractivity contribution < 1.29 is 19.1 Å². The molecule has 7 nitrogen and oxygen atoms in total. The number of piperazine rings is 1. The van der Waals surface area contributed by atoms with Crippen LogP contribution in [-0.4, -0.2) is 69.1 Å². The Balaban J connectivity index is 1.83. The van der Waals surface area contributed by atoms with Gasteiger partial charge in [-0.1, -0.05) is 23.8 Å². The number of hydrogen-bond acceptors (Lipinski definition) is 6. The zero-order valence-electron chi connectivity index (χ0n) is 19.3. The minimum absolute atomic E-state index is 0.304. The summed E-state index contributed by atoms with van der Waals surface area (Å²) < 4.78 is 10.7. The van der Waals surface area contributed by atoms with E-state index >= 15 is 0 Å². The molecule has 2 aliphatic rings. The van der Waals surface area contributed by atoms with Crippen LogP contribution in [0.4, 0.5) is 5.69 Å². The molecule has 0 aromatic heterocycles. The molecule has 32 heavy (non-hydrogen) atoms. The zero-order chi connectivity index (χ0) is 23.0. The second-order valence-corrected chi connectivity index (χ2v) is 8.32. The van der Waals surface area contributed by atoms with Gasteiger partial charge in [0.1, 0.15) is 5.70 Å². The van der Waals surface area contributed by atoms with E-state index < -0.39 is 0 Å². The smallest absolute Gasteiger partial charge is 0.282 e. The van der Waals surface area contributed by atoms with Crippen molar-refractivity contribution in [1.82, 2.24) is 9.80 Å². The zero-order valence-corrected chi connectivity index (χ0v) is 19.3. The molecule has 2 heterocycles. The maximum Gasteiger partial charge on any atom is 0.282 e. The number of likely N-dealkylation sites (N-methyl/N-ethyl adjacent to an activating group) is 1. The summed E-state index contributed by atoms with van der Waals surface area (Å²) in [6.45, 7) is 7.05. The SMILES string of the molecule is COc1ccc(N2C(=O)C(c3ccc(C)cc3C)=C(N3CCN(C)CC3)C2=O)cc1OC. The van der Waals surface area contributed by atoms with E-state index in [9.17, 15) is 9.59 Å². The third-order valence-corrected chi connectivity index (χ3v) is 6.16. The Hall–Kier alpha value is -3.32. The van der Waals surface area contributed by atoms with Crippen molar-refractivity contribution in [2.45, 2.75) is 13.8 Å². The summed E-state index contributed by atoms with van der Waals surface area (Å²) in [7, 11) is 5.15. The van der Waals surface area contributed by atoms with E-state index in [1.54, 1.807) is 25.3 Å². The van der Waals surface area contributed by atoms with Gasteiger partial charge < -0.3 is 19.3 Å². The van der Waals surface area contributed by atoms with Crippen molar-refractivity contribution >= 4 is 23.1 Å². The maximum atomic E-state index is 13.8. The molecule has 0 atom stereocenters. The Bertz CT molecular complexity index is 1100. The van der Waals surface area contributed by atoms with E-state index in [-0.39, 0.29) is 11.8 Å². The van der Waals surface area contributed by atoms with Crippen molar-refractivity contribution in [2.75, 3.05) is 52.3 Å². The lowest BCUT2D eigenvalue weighted by Crippen LogP contribution is -2.46. The summed E-state index contributed by atoms with van der Waals surface area (Å²) in [6, 6.07) is 11.1. The fraction of sp³-hybridized carbons (Fsp3) is 0.360. The van der Waals surface area contributed by atoms with E-state index in [0.717, 1.165) is 29.8 Å². The van der Waals surface area contributed by atoms with Crippen molar-refractivity contribution in [3.05, 3.63) is 58.8 Å². The number of ether oxygens (including phenoxy) is 2. The first-order valence-electron chi connectivity index (χ1n) is 10.7. The van der Waals surface area contributed by atoms with E-state index in [4.69, 9.17) is 9.47 Å². The first-order chi connectivity index (χ1) is 15.3. The number of aryl methyl sites for hydroxylation is 2. The molecule has 0 N–H and O–H groups in total. The molecule has 7 heteroatoms. The highest BCUT2D eigenvalue weighted by molar-refractivity contribution is 6.45. The summed E-state index contributed by atoms with van der Waals surface area (Å²) in [6.07, 6.45) is 0. The average Bonchev–Trinajstić information content (AvgIpc) is 3.04. The predicted octanol–water partition coefficient (Wildman–Crippen LogP) is 2.85. The van der Waals surface area contributed by atoms with Gasteiger partial charge in [0.2, 0.25) is 0 Å². The Morgan fingerprint density at radius 3 is 2.12 bits per heavy atom. The van der Waals surface area contributed by atoms with Crippen LogP contribution in [0.15, 0.2) is 42.1 Å². The normalized spacial score (nSPS) is 17.4. The highest BCUT2D eigenvalue weighted by Gasteiger charge is 2.43. The average molecular weight is 436 g/mol. The lowest BCUT2D eigenvalue weighted by atomic mass is 9.97. The van der Waals surface area contributed by atoms with E-state index in [2.05, 4.69) is 16.8 Å². The van der Waals surface area contributed by atoms with Crippen LogP contribution in [0.25, 0.3) is 5.57 Å². The summed E-state index contributed by atoms with van der Waals surface area (Å²) in [5.74, 6) is 0.383. The third-order valence-electron chi connectivity index (χ3n) is 6.16. The number of benzene rings is 2. The Morgan fingerprint density at radius 2 is 1.50 bits per heavy atom. The largest absolute Gasteiger partial charge is 0.493 e. The number of nitrogens with zero attached hydrogens (tertiary/aromatic N) is 3. The lowest BCUT2D eigenvalue weighted by Gasteiger charge is -2.34. The number of hydrogen-bond donors (Lipinski definition) is 0. The van der Waals surface area contributed by atoms with E-state index in [1.807, 2.05) is 32.0 Å². The number of rotatable bonds is 5. The van der Waals surface area contributed by atoms with Crippen molar-refractivity contribution in [2.24, 2.45) is 0 Å². The molecule has 2 aromatic rings. The minimum atomic E-state index is -0.317. The number of imide groups is 1. The van der Waals surface area contributed by atoms with Crippen LogP contribution in [0, 0.1) is 13.8 Å². The third kappa shape index (κ3) is 3.73. The molecule has 1 saturated heterocycles. The second-order valence-electron chi connectivity index (χ2n) is 8.32. The first kappa shape index (κ1) is 21.9. The van der Waals surface area contributed by atoms with Gasteiger partial charge in [0.05, 0.1) is 25.5 Å². The Labute approximate surface area is 188 Å². The molecule has 0 aliphatic carbocycles. The van der Waals surface area contributed by atoms with Crippen LogP contribution in [0.2, 0.25) is 0 Å². The van der Waals surface area contributed by atoms with Crippen molar-refractivity contribution in [3.63, 3.8) is 0 Å². The summed E-state index contributed by atoms with van der Waals surface area (Å²) in [5, 5.41) is 0. The molecule has 1 fully saturated rings. The van der Waals surface area contributed by atoms with Gasteiger partial charge in [0, 0.05) is 32.2 Å². The lowest BCUT2D eigenvalue weighted by molar-refractivity contribution is -0.120. The van der Waals surface area contributed by atoms with Crippen molar-refractivity contribution in [1.29, 1.82) is 0 Å². The van der Waals surface area contributed by atoms with Gasteiger partial charge in [0.25, 0.3) is 11.8 Å². The molecule has 0 radical (unpaired) electrons. The van der Waals surface area contributed by atoms with Gasteiger partial charge >= 0.3 is 0 Å². The molecule has 2 amide bonds. The van der Waals surface area contributed by atoms with Crippen LogP contribution in [0.5, 0.6) is 11.5 Å². The van der Waals surface area contributed by atoms with Crippen molar-refractivity contribution in [3.8, 4) is 11.5 Å². The second kappa shape index (κ2) is 8.67. The first-order valence-corrected chi connectivity index (χ1v) is 10.7.